The molecule has 2 atom stereocenters. The van der Waals surface area contributed by atoms with E-state index in [0.717, 1.165) is 49.3 Å². The number of aromatic amines is 1. The van der Waals surface area contributed by atoms with Crippen LogP contribution < -0.4 is 0 Å². The number of carbonyl (C=O) groups is 1. The molecule has 2 N–H and O–H groups in total. The molecule has 2 aliphatic heterocycles. The van der Waals surface area contributed by atoms with Gasteiger partial charge in [-0.15, -0.1) is 0 Å². The molecule has 0 aliphatic carbocycles. The Morgan fingerprint density at radius 2 is 2.11 bits per heavy atom. The molecule has 2 fully saturated rings. The molecule has 6 nitrogen and oxygen atoms in total. The van der Waals surface area contributed by atoms with Crippen molar-refractivity contribution < 1.29 is 14.3 Å². The van der Waals surface area contributed by atoms with Crippen molar-refractivity contribution >= 4 is 5.97 Å². The molecular weight excluding hydrogens is 347 g/mol. The molecule has 0 amide bonds. The van der Waals surface area contributed by atoms with Crippen molar-refractivity contribution in [2.45, 2.75) is 31.8 Å². The monoisotopic (exact) mass is 372 g/mol. The molecule has 2 aromatic rings. The Morgan fingerprint density at radius 1 is 1.33 bits per heavy atom. The second kappa shape index (κ2) is 7.05. The van der Waals surface area contributed by atoms with Crippen LogP contribution in [0.3, 0.4) is 0 Å². The Bertz CT molecular complexity index is 822. The number of carboxylic acid groups (broad SMARTS) is 1. The highest BCUT2D eigenvalue weighted by Crippen LogP contribution is 2.42. The smallest absolute Gasteiger partial charge is 0.311 e. The van der Waals surface area contributed by atoms with Crippen molar-refractivity contribution in [2.24, 2.45) is 5.41 Å². The number of piperidine rings is 2. The number of carboxylic acids is 1. The summed E-state index contributed by atoms with van der Waals surface area (Å²) in [5.74, 6) is -0.921. The summed E-state index contributed by atoms with van der Waals surface area (Å²) in [6.07, 6.45) is 4.18. The van der Waals surface area contributed by atoms with Crippen LogP contribution in [0.25, 0.3) is 11.3 Å². The molecule has 0 unspecified atom stereocenters. The van der Waals surface area contributed by atoms with E-state index in [0.29, 0.717) is 13.0 Å². The van der Waals surface area contributed by atoms with Crippen LogP contribution in [0, 0.1) is 11.2 Å². The van der Waals surface area contributed by atoms with Crippen molar-refractivity contribution in [3.8, 4) is 11.3 Å². The molecule has 144 valence electrons. The fourth-order valence-corrected chi connectivity index (χ4v) is 4.73. The molecule has 4 rings (SSSR count). The van der Waals surface area contributed by atoms with E-state index in [2.05, 4.69) is 20.0 Å². The quantitative estimate of drug-likeness (QED) is 0.863. The largest absolute Gasteiger partial charge is 0.481 e. The second-order valence-corrected chi connectivity index (χ2v) is 7.82. The van der Waals surface area contributed by atoms with Gasteiger partial charge in [-0.1, -0.05) is 0 Å². The lowest BCUT2D eigenvalue weighted by Crippen LogP contribution is -2.62. The first kappa shape index (κ1) is 18.1. The van der Waals surface area contributed by atoms with Crippen LogP contribution in [0.1, 0.15) is 24.8 Å². The van der Waals surface area contributed by atoms with Gasteiger partial charge in [0.05, 0.1) is 17.3 Å². The molecule has 0 radical (unpaired) electrons. The van der Waals surface area contributed by atoms with Crippen LogP contribution in [0.5, 0.6) is 0 Å². The standard InChI is InChI=1S/C20H25FN4O2/c1-24-9-2-7-20(19(26)27)8-10-25(13-17(20)24)12-15-11-22-23-18(15)14-3-5-16(21)6-4-14/h3-6,11,17H,2,7-10,12-13H2,1H3,(H,22,23)(H,26,27)/t17-,20-/m0/s1. The number of fused-ring (bicyclic) bond motifs is 1. The second-order valence-electron chi connectivity index (χ2n) is 7.82. The van der Waals surface area contributed by atoms with Gasteiger partial charge in [0.15, 0.2) is 0 Å². The number of benzene rings is 1. The summed E-state index contributed by atoms with van der Waals surface area (Å²) in [7, 11) is 2.03. The summed E-state index contributed by atoms with van der Waals surface area (Å²) >= 11 is 0. The molecule has 2 aliphatic rings. The summed E-state index contributed by atoms with van der Waals surface area (Å²) in [5.41, 5.74) is 2.21. The lowest BCUT2D eigenvalue weighted by Gasteiger charge is -2.51. The van der Waals surface area contributed by atoms with Crippen molar-refractivity contribution in [3.63, 3.8) is 0 Å². The predicted octanol–water partition coefficient (Wildman–Crippen LogP) is 2.59. The number of halogens is 1. The third kappa shape index (κ3) is 3.26. The molecule has 27 heavy (non-hydrogen) atoms. The van der Waals surface area contributed by atoms with Crippen molar-refractivity contribution in [1.82, 2.24) is 20.0 Å². The number of rotatable bonds is 4. The minimum Gasteiger partial charge on any atom is -0.481 e. The van der Waals surface area contributed by atoms with Crippen molar-refractivity contribution in [2.75, 3.05) is 26.7 Å². The Balaban J connectivity index is 1.53. The van der Waals surface area contributed by atoms with Gasteiger partial charge in [0, 0.05) is 30.3 Å². The van der Waals surface area contributed by atoms with Gasteiger partial charge in [-0.3, -0.25) is 14.8 Å². The number of hydrogen-bond acceptors (Lipinski definition) is 4. The van der Waals surface area contributed by atoms with Crippen LogP contribution in [-0.4, -0.2) is 63.8 Å². The maximum absolute atomic E-state index is 13.2. The first-order chi connectivity index (χ1) is 13.0. The van der Waals surface area contributed by atoms with Gasteiger partial charge in [-0.25, -0.2) is 4.39 Å². The minimum atomic E-state index is -0.658. The number of H-pyrrole nitrogens is 1. The molecule has 3 heterocycles. The van der Waals surface area contributed by atoms with E-state index < -0.39 is 11.4 Å². The summed E-state index contributed by atoms with van der Waals surface area (Å²) in [6, 6.07) is 6.40. The molecule has 0 spiro atoms. The molecule has 1 aromatic heterocycles. The van der Waals surface area contributed by atoms with Crippen LogP contribution >= 0.6 is 0 Å². The van der Waals surface area contributed by atoms with Gasteiger partial charge in [0.2, 0.25) is 0 Å². The van der Waals surface area contributed by atoms with Gasteiger partial charge in [-0.05, 0) is 63.7 Å². The lowest BCUT2D eigenvalue weighted by molar-refractivity contribution is -0.162. The number of aliphatic carboxylic acids is 1. The van der Waals surface area contributed by atoms with E-state index in [9.17, 15) is 14.3 Å². The highest BCUT2D eigenvalue weighted by molar-refractivity contribution is 5.76. The highest BCUT2D eigenvalue weighted by atomic mass is 19.1. The zero-order chi connectivity index (χ0) is 19.0. The number of likely N-dealkylation sites (tertiary alicyclic amines) is 2. The number of aromatic nitrogens is 2. The third-order valence-electron chi connectivity index (χ3n) is 6.28. The number of likely N-dealkylation sites (N-methyl/N-ethyl adjacent to an activating group) is 1. The third-order valence-corrected chi connectivity index (χ3v) is 6.28. The average molecular weight is 372 g/mol. The Labute approximate surface area is 158 Å². The number of nitrogens with one attached hydrogen (secondary N) is 1. The van der Waals surface area contributed by atoms with Crippen LogP contribution in [0.4, 0.5) is 4.39 Å². The molecule has 0 saturated carbocycles. The molecule has 2 saturated heterocycles. The maximum Gasteiger partial charge on any atom is 0.311 e. The highest BCUT2D eigenvalue weighted by Gasteiger charge is 2.52. The fourth-order valence-electron chi connectivity index (χ4n) is 4.73. The molecule has 1 aromatic carbocycles. The van der Waals surface area contributed by atoms with E-state index in [1.165, 1.54) is 12.1 Å². The van der Waals surface area contributed by atoms with Crippen LogP contribution in [0.2, 0.25) is 0 Å². The molecule has 7 heteroatoms. The van der Waals surface area contributed by atoms with E-state index in [4.69, 9.17) is 0 Å². The Kier molecular flexibility index (Phi) is 4.74. The molecule has 0 bridgehead atoms. The summed E-state index contributed by atoms with van der Waals surface area (Å²) in [6.45, 7) is 3.13. The van der Waals surface area contributed by atoms with Gasteiger partial charge < -0.3 is 10.0 Å². The molecular formula is C20H25FN4O2. The lowest BCUT2D eigenvalue weighted by atomic mass is 9.68. The zero-order valence-corrected chi connectivity index (χ0v) is 15.5. The summed E-state index contributed by atoms with van der Waals surface area (Å²) in [4.78, 5) is 16.6. The van der Waals surface area contributed by atoms with Crippen molar-refractivity contribution in [3.05, 3.63) is 41.8 Å². The van der Waals surface area contributed by atoms with Crippen LogP contribution in [0.15, 0.2) is 30.5 Å². The van der Waals surface area contributed by atoms with Crippen LogP contribution in [-0.2, 0) is 11.3 Å². The SMILES string of the molecule is CN1CCC[C@]2(C(=O)O)CCN(Cc3cn[nH]c3-c3ccc(F)cc3)C[C@H]12. The minimum absolute atomic E-state index is 0.0265. The Morgan fingerprint density at radius 3 is 2.85 bits per heavy atom. The van der Waals surface area contributed by atoms with E-state index in [1.54, 1.807) is 12.1 Å². The zero-order valence-electron chi connectivity index (χ0n) is 15.5. The average Bonchev–Trinajstić information content (AvgIpc) is 3.11. The first-order valence-electron chi connectivity index (χ1n) is 9.44. The van der Waals surface area contributed by atoms with Gasteiger partial charge in [-0.2, -0.15) is 5.10 Å². The van der Waals surface area contributed by atoms with Gasteiger partial charge in [0.25, 0.3) is 0 Å². The topological polar surface area (TPSA) is 72.5 Å². The van der Waals surface area contributed by atoms with E-state index in [1.807, 2.05) is 13.2 Å². The first-order valence-corrected chi connectivity index (χ1v) is 9.44. The van der Waals surface area contributed by atoms with E-state index in [-0.39, 0.29) is 11.9 Å². The summed E-state index contributed by atoms with van der Waals surface area (Å²) < 4.78 is 13.2. The predicted molar refractivity (Wildman–Crippen MR) is 99.6 cm³/mol. The van der Waals surface area contributed by atoms with Gasteiger partial charge in [0.1, 0.15) is 5.82 Å². The summed E-state index contributed by atoms with van der Waals surface area (Å²) in [5, 5.41) is 17.1. The van der Waals surface area contributed by atoms with Gasteiger partial charge >= 0.3 is 5.97 Å². The normalized spacial score (nSPS) is 26.7. The van der Waals surface area contributed by atoms with Crippen molar-refractivity contribution in [1.29, 1.82) is 0 Å². The number of nitrogens with zero attached hydrogens (tertiary/aromatic N) is 3. The maximum atomic E-state index is 13.2. The Hall–Kier alpha value is -2.25. The number of hydrogen-bond donors (Lipinski definition) is 2. The fraction of sp³-hybridized carbons (Fsp3) is 0.500. The van der Waals surface area contributed by atoms with E-state index >= 15 is 0 Å².